The van der Waals surface area contributed by atoms with Crippen LogP contribution in [0.4, 0.5) is 0 Å². The smallest absolute Gasteiger partial charge is 0.0360 e. The van der Waals surface area contributed by atoms with E-state index >= 15 is 0 Å². The van der Waals surface area contributed by atoms with Gasteiger partial charge in [-0.25, -0.2) is 0 Å². The van der Waals surface area contributed by atoms with E-state index in [2.05, 4.69) is 30.6 Å². The Morgan fingerprint density at radius 3 is 2.40 bits per heavy atom. The van der Waals surface area contributed by atoms with Crippen molar-refractivity contribution in [3.05, 3.63) is 0 Å². The first-order valence-corrected chi connectivity index (χ1v) is 8.87. The van der Waals surface area contributed by atoms with E-state index in [0.29, 0.717) is 5.54 Å². The lowest BCUT2D eigenvalue weighted by atomic mass is 9.70. The maximum Gasteiger partial charge on any atom is 0.0360 e. The van der Waals surface area contributed by atoms with Crippen LogP contribution in [-0.4, -0.2) is 54.1 Å². The summed E-state index contributed by atoms with van der Waals surface area (Å²) >= 11 is 0. The molecule has 2 N–H and O–H groups in total. The number of piperazine rings is 1. The summed E-state index contributed by atoms with van der Waals surface area (Å²) in [6, 6.07) is 0.735. The fourth-order valence-corrected chi connectivity index (χ4v) is 4.56. The highest BCUT2D eigenvalue weighted by Crippen LogP contribution is 2.40. The van der Waals surface area contributed by atoms with Crippen LogP contribution in [0.25, 0.3) is 0 Å². The molecule has 0 aromatic rings. The Balaban J connectivity index is 2.02. The molecule has 1 saturated heterocycles. The van der Waals surface area contributed by atoms with Crippen LogP contribution in [-0.2, 0) is 0 Å². The number of nitrogens with two attached hydrogens (primary N) is 1. The number of rotatable bonds is 5. The van der Waals surface area contributed by atoms with Crippen LogP contribution in [0.1, 0.15) is 59.3 Å². The van der Waals surface area contributed by atoms with E-state index in [-0.39, 0.29) is 0 Å². The quantitative estimate of drug-likeness (QED) is 0.841. The molecule has 1 aliphatic heterocycles. The lowest BCUT2D eigenvalue weighted by Gasteiger charge is -2.54. The molecule has 0 bridgehead atoms. The van der Waals surface area contributed by atoms with Gasteiger partial charge in [-0.15, -0.1) is 0 Å². The van der Waals surface area contributed by atoms with Crippen LogP contribution < -0.4 is 5.73 Å². The summed E-state index contributed by atoms with van der Waals surface area (Å²) in [5.74, 6) is 0.816. The van der Waals surface area contributed by atoms with Crippen LogP contribution in [0.3, 0.4) is 0 Å². The van der Waals surface area contributed by atoms with Gasteiger partial charge in [0.2, 0.25) is 0 Å². The molecule has 3 unspecified atom stereocenters. The van der Waals surface area contributed by atoms with Crippen molar-refractivity contribution in [2.45, 2.75) is 70.9 Å². The largest absolute Gasteiger partial charge is 0.329 e. The van der Waals surface area contributed by atoms with Crippen LogP contribution in [0, 0.1) is 5.92 Å². The monoisotopic (exact) mass is 281 g/mol. The Kier molecular flexibility index (Phi) is 5.88. The molecule has 0 aromatic heterocycles. The molecule has 2 aliphatic rings. The Bertz CT molecular complexity index is 286. The van der Waals surface area contributed by atoms with E-state index in [1.807, 2.05) is 0 Å². The van der Waals surface area contributed by atoms with Gasteiger partial charge in [-0.2, -0.15) is 0 Å². The Labute approximate surface area is 125 Å². The van der Waals surface area contributed by atoms with Crippen LogP contribution in [0.2, 0.25) is 0 Å². The second-order valence-corrected chi connectivity index (χ2v) is 6.94. The molecule has 1 heterocycles. The van der Waals surface area contributed by atoms with Crippen molar-refractivity contribution in [1.29, 1.82) is 0 Å². The molecule has 2 rings (SSSR count). The van der Waals surface area contributed by atoms with Gasteiger partial charge in [0.05, 0.1) is 0 Å². The summed E-state index contributed by atoms with van der Waals surface area (Å²) in [6.45, 7) is 12.8. The number of hydrogen-bond acceptors (Lipinski definition) is 3. The highest BCUT2D eigenvalue weighted by molar-refractivity contribution is 5.01. The van der Waals surface area contributed by atoms with Gasteiger partial charge in [0.15, 0.2) is 0 Å². The fourth-order valence-electron chi connectivity index (χ4n) is 4.56. The van der Waals surface area contributed by atoms with Gasteiger partial charge in [0.25, 0.3) is 0 Å². The zero-order chi connectivity index (χ0) is 14.6. The molecular weight excluding hydrogens is 246 g/mol. The van der Waals surface area contributed by atoms with E-state index in [1.165, 1.54) is 64.7 Å². The average Bonchev–Trinajstić information content (AvgIpc) is 2.54. The molecule has 2 fully saturated rings. The van der Waals surface area contributed by atoms with Crippen molar-refractivity contribution in [3.8, 4) is 0 Å². The molecule has 0 amide bonds. The normalized spacial score (nSPS) is 35.1. The van der Waals surface area contributed by atoms with Gasteiger partial charge < -0.3 is 5.73 Å². The van der Waals surface area contributed by atoms with Crippen LogP contribution in [0.5, 0.6) is 0 Å². The first kappa shape index (κ1) is 16.3. The highest BCUT2D eigenvalue weighted by Gasteiger charge is 2.44. The first-order valence-electron chi connectivity index (χ1n) is 8.87. The van der Waals surface area contributed by atoms with Crippen molar-refractivity contribution in [3.63, 3.8) is 0 Å². The summed E-state index contributed by atoms with van der Waals surface area (Å²) in [5, 5.41) is 0. The van der Waals surface area contributed by atoms with Crippen molar-refractivity contribution in [2.75, 3.05) is 32.7 Å². The second kappa shape index (κ2) is 7.24. The third kappa shape index (κ3) is 3.05. The van der Waals surface area contributed by atoms with Gasteiger partial charge >= 0.3 is 0 Å². The van der Waals surface area contributed by atoms with Gasteiger partial charge in [0, 0.05) is 44.3 Å². The highest BCUT2D eigenvalue weighted by atomic mass is 15.3. The molecular formula is C17H35N3. The first-order chi connectivity index (χ1) is 9.67. The standard InChI is InChI=1S/C17H35N3/c1-4-15(3)19-10-12-20(13-11-19)17(14-18)9-7-6-8-16(17)5-2/h15-16H,4-14,18H2,1-3H3. The van der Waals surface area contributed by atoms with Gasteiger partial charge in [-0.3, -0.25) is 9.80 Å². The van der Waals surface area contributed by atoms with E-state index < -0.39 is 0 Å². The fraction of sp³-hybridized carbons (Fsp3) is 1.00. The average molecular weight is 281 g/mol. The van der Waals surface area contributed by atoms with Crippen molar-refractivity contribution < 1.29 is 0 Å². The zero-order valence-corrected chi connectivity index (χ0v) is 13.9. The minimum atomic E-state index is 0.314. The van der Waals surface area contributed by atoms with Crippen molar-refractivity contribution >= 4 is 0 Å². The summed E-state index contributed by atoms with van der Waals surface area (Å²) in [6.07, 6.45) is 8.05. The molecule has 1 aliphatic carbocycles. The summed E-state index contributed by atoms with van der Waals surface area (Å²) in [4.78, 5) is 5.42. The molecule has 0 radical (unpaired) electrons. The predicted octanol–water partition coefficient (Wildman–Crippen LogP) is 2.70. The minimum absolute atomic E-state index is 0.314. The minimum Gasteiger partial charge on any atom is -0.329 e. The molecule has 0 aromatic carbocycles. The molecule has 0 spiro atoms. The Hall–Kier alpha value is -0.120. The SMILES string of the molecule is CCC(C)N1CCN(C2(CN)CCCCC2CC)CC1. The molecule has 118 valence electrons. The molecule has 3 nitrogen and oxygen atoms in total. The van der Waals surface area contributed by atoms with Gasteiger partial charge in [-0.1, -0.05) is 33.1 Å². The third-order valence-corrected chi connectivity index (χ3v) is 6.18. The Morgan fingerprint density at radius 1 is 1.15 bits per heavy atom. The van der Waals surface area contributed by atoms with Crippen LogP contribution >= 0.6 is 0 Å². The van der Waals surface area contributed by atoms with Crippen molar-refractivity contribution in [1.82, 2.24) is 9.80 Å². The summed E-state index contributed by atoms with van der Waals surface area (Å²) < 4.78 is 0. The number of hydrogen-bond donors (Lipinski definition) is 1. The second-order valence-electron chi connectivity index (χ2n) is 6.94. The molecule has 20 heavy (non-hydrogen) atoms. The van der Waals surface area contributed by atoms with Crippen LogP contribution in [0.15, 0.2) is 0 Å². The lowest BCUT2D eigenvalue weighted by molar-refractivity contribution is -0.0324. The Morgan fingerprint density at radius 2 is 1.85 bits per heavy atom. The van der Waals surface area contributed by atoms with Gasteiger partial charge in [0.1, 0.15) is 0 Å². The van der Waals surface area contributed by atoms with E-state index in [1.54, 1.807) is 0 Å². The molecule has 3 heteroatoms. The predicted molar refractivity (Wildman–Crippen MR) is 86.9 cm³/mol. The topological polar surface area (TPSA) is 32.5 Å². The zero-order valence-electron chi connectivity index (χ0n) is 13.9. The maximum absolute atomic E-state index is 6.30. The van der Waals surface area contributed by atoms with E-state index in [4.69, 9.17) is 5.73 Å². The number of nitrogens with zero attached hydrogens (tertiary/aromatic N) is 2. The molecule has 3 atom stereocenters. The lowest BCUT2D eigenvalue weighted by Crippen LogP contribution is -2.64. The van der Waals surface area contributed by atoms with Crippen molar-refractivity contribution in [2.24, 2.45) is 11.7 Å². The third-order valence-electron chi connectivity index (χ3n) is 6.18. The summed E-state index contributed by atoms with van der Waals surface area (Å²) in [7, 11) is 0. The molecule has 1 saturated carbocycles. The van der Waals surface area contributed by atoms with E-state index in [0.717, 1.165) is 18.5 Å². The maximum atomic E-state index is 6.30. The van der Waals surface area contributed by atoms with Gasteiger partial charge in [-0.05, 0) is 32.1 Å². The summed E-state index contributed by atoms with van der Waals surface area (Å²) in [5.41, 5.74) is 6.61. The van der Waals surface area contributed by atoms with E-state index in [9.17, 15) is 0 Å².